The number of hydrogen-bond acceptors (Lipinski definition) is 3. The number of hydrogen-bond donors (Lipinski definition) is 1. The molecule has 19 heavy (non-hydrogen) atoms. The molecule has 0 spiro atoms. The Bertz CT molecular complexity index is 535. The first kappa shape index (κ1) is 12.3. The lowest BCUT2D eigenvalue weighted by molar-refractivity contribution is 0.419. The van der Waals surface area contributed by atoms with Crippen molar-refractivity contribution in [2.45, 2.75) is 31.2 Å². The third kappa shape index (κ3) is 2.51. The highest BCUT2D eigenvalue weighted by Gasteiger charge is 2.21. The van der Waals surface area contributed by atoms with Crippen LogP contribution in [0, 0.1) is 0 Å². The van der Waals surface area contributed by atoms with E-state index in [0.29, 0.717) is 0 Å². The number of rotatable bonds is 4. The monoisotopic (exact) mass is 253 g/mol. The van der Waals surface area contributed by atoms with E-state index in [-0.39, 0.29) is 6.04 Å². The van der Waals surface area contributed by atoms with Crippen molar-refractivity contribution in [2.75, 3.05) is 7.05 Å². The molecule has 1 heterocycles. The van der Waals surface area contributed by atoms with Gasteiger partial charge < -0.3 is 5.32 Å². The number of benzene rings is 1. The summed E-state index contributed by atoms with van der Waals surface area (Å²) in [6.45, 7) is 0. The topological polar surface area (TPSA) is 37.8 Å². The molecule has 0 saturated heterocycles. The Morgan fingerprint density at radius 2 is 1.95 bits per heavy atom. The lowest BCUT2D eigenvalue weighted by atomic mass is 9.79. The van der Waals surface area contributed by atoms with Gasteiger partial charge in [-0.3, -0.25) is 0 Å². The normalized spacial score (nSPS) is 16.9. The molecule has 1 aliphatic carbocycles. The van der Waals surface area contributed by atoms with E-state index < -0.39 is 0 Å². The van der Waals surface area contributed by atoms with E-state index >= 15 is 0 Å². The molecule has 0 bridgehead atoms. The van der Waals surface area contributed by atoms with Gasteiger partial charge in [0, 0.05) is 18.0 Å². The highest BCUT2D eigenvalue weighted by molar-refractivity contribution is 5.34. The first-order valence-electron chi connectivity index (χ1n) is 6.90. The first-order valence-corrected chi connectivity index (χ1v) is 6.90. The summed E-state index contributed by atoms with van der Waals surface area (Å²) < 4.78 is 0. The standard InChI is InChI=1S/C16H19N3/c1-17-16(15-9-18-11-19-10-15)14-7-3-6-13(8-14)12-4-2-5-12/h3,6-12,16-17H,2,4-5H2,1H3. The summed E-state index contributed by atoms with van der Waals surface area (Å²) in [6, 6.07) is 9.09. The van der Waals surface area contributed by atoms with Crippen LogP contribution in [-0.4, -0.2) is 17.0 Å². The predicted molar refractivity (Wildman–Crippen MR) is 76.0 cm³/mol. The smallest absolute Gasteiger partial charge is 0.115 e. The van der Waals surface area contributed by atoms with Crippen molar-refractivity contribution in [1.82, 2.24) is 15.3 Å². The van der Waals surface area contributed by atoms with E-state index in [1.54, 1.807) is 6.33 Å². The van der Waals surface area contributed by atoms with Crippen LogP contribution in [0.2, 0.25) is 0 Å². The third-order valence-corrected chi connectivity index (χ3v) is 4.02. The Morgan fingerprint density at radius 3 is 2.58 bits per heavy atom. The van der Waals surface area contributed by atoms with Crippen LogP contribution in [0.15, 0.2) is 43.0 Å². The zero-order valence-electron chi connectivity index (χ0n) is 11.2. The van der Waals surface area contributed by atoms with Gasteiger partial charge in [0.25, 0.3) is 0 Å². The zero-order chi connectivity index (χ0) is 13.1. The minimum absolute atomic E-state index is 0.168. The van der Waals surface area contributed by atoms with Gasteiger partial charge in [-0.2, -0.15) is 0 Å². The van der Waals surface area contributed by atoms with Gasteiger partial charge in [-0.15, -0.1) is 0 Å². The van der Waals surface area contributed by atoms with Gasteiger partial charge in [-0.25, -0.2) is 9.97 Å². The fraction of sp³-hybridized carbons (Fsp3) is 0.375. The van der Waals surface area contributed by atoms with Gasteiger partial charge in [0.05, 0.1) is 6.04 Å². The van der Waals surface area contributed by atoms with E-state index in [1.807, 2.05) is 19.4 Å². The second kappa shape index (κ2) is 5.49. The molecule has 3 heteroatoms. The van der Waals surface area contributed by atoms with Crippen molar-refractivity contribution in [3.8, 4) is 0 Å². The van der Waals surface area contributed by atoms with Crippen LogP contribution in [0.4, 0.5) is 0 Å². The van der Waals surface area contributed by atoms with Crippen molar-refractivity contribution in [3.63, 3.8) is 0 Å². The van der Waals surface area contributed by atoms with Crippen molar-refractivity contribution in [1.29, 1.82) is 0 Å². The average molecular weight is 253 g/mol. The fourth-order valence-electron chi connectivity index (χ4n) is 2.72. The van der Waals surface area contributed by atoms with E-state index in [9.17, 15) is 0 Å². The molecular formula is C16H19N3. The second-order valence-electron chi connectivity index (χ2n) is 5.19. The van der Waals surface area contributed by atoms with E-state index in [1.165, 1.54) is 30.4 Å². The maximum absolute atomic E-state index is 4.11. The molecule has 1 atom stereocenters. The van der Waals surface area contributed by atoms with E-state index in [4.69, 9.17) is 0 Å². The number of nitrogens with one attached hydrogen (secondary N) is 1. The Hall–Kier alpha value is -1.74. The summed E-state index contributed by atoms with van der Waals surface area (Å²) in [5.74, 6) is 0.768. The van der Waals surface area contributed by atoms with Gasteiger partial charge >= 0.3 is 0 Å². The highest BCUT2D eigenvalue weighted by Crippen LogP contribution is 2.37. The summed E-state index contributed by atoms with van der Waals surface area (Å²) >= 11 is 0. The zero-order valence-corrected chi connectivity index (χ0v) is 11.2. The molecule has 1 aromatic carbocycles. The van der Waals surface area contributed by atoms with Crippen LogP contribution in [0.3, 0.4) is 0 Å². The van der Waals surface area contributed by atoms with Gasteiger partial charge in [-0.1, -0.05) is 30.7 Å². The van der Waals surface area contributed by atoms with Crippen molar-refractivity contribution >= 4 is 0 Å². The Kier molecular flexibility index (Phi) is 3.56. The molecule has 1 fully saturated rings. The molecule has 3 nitrogen and oxygen atoms in total. The van der Waals surface area contributed by atoms with E-state index in [2.05, 4.69) is 39.6 Å². The third-order valence-electron chi connectivity index (χ3n) is 4.02. The molecule has 1 N–H and O–H groups in total. The second-order valence-corrected chi connectivity index (χ2v) is 5.19. The minimum Gasteiger partial charge on any atom is -0.309 e. The summed E-state index contributed by atoms with van der Waals surface area (Å²) in [6.07, 6.45) is 9.37. The summed E-state index contributed by atoms with van der Waals surface area (Å²) in [4.78, 5) is 8.23. The lowest BCUT2D eigenvalue weighted by Crippen LogP contribution is -2.18. The summed E-state index contributed by atoms with van der Waals surface area (Å²) in [7, 11) is 1.98. The maximum Gasteiger partial charge on any atom is 0.115 e. The van der Waals surface area contributed by atoms with E-state index in [0.717, 1.165) is 11.5 Å². The van der Waals surface area contributed by atoms with Gasteiger partial charge in [0.2, 0.25) is 0 Å². The molecule has 98 valence electrons. The average Bonchev–Trinajstić information content (AvgIpc) is 2.39. The Balaban J connectivity index is 1.91. The largest absolute Gasteiger partial charge is 0.309 e. The lowest BCUT2D eigenvalue weighted by Gasteiger charge is -2.27. The van der Waals surface area contributed by atoms with Gasteiger partial charge in [0.1, 0.15) is 6.33 Å². The number of nitrogens with zero attached hydrogens (tertiary/aromatic N) is 2. The molecule has 2 aromatic rings. The number of aromatic nitrogens is 2. The molecule has 3 rings (SSSR count). The van der Waals surface area contributed by atoms with Crippen LogP contribution in [0.5, 0.6) is 0 Å². The van der Waals surface area contributed by atoms with Crippen LogP contribution < -0.4 is 5.32 Å². The molecule has 0 aliphatic heterocycles. The molecular weight excluding hydrogens is 234 g/mol. The molecule has 1 aliphatic rings. The van der Waals surface area contributed by atoms with Crippen molar-refractivity contribution in [2.24, 2.45) is 0 Å². The maximum atomic E-state index is 4.11. The van der Waals surface area contributed by atoms with Crippen LogP contribution in [-0.2, 0) is 0 Å². The summed E-state index contributed by atoms with van der Waals surface area (Å²) in [5.41, 5.74) is 3.87. The SMILES string of the molecule is CNC(c1cncnc1)c1cccc(C2CCC2)c1. The van der Waals surface area contributed by atoms with Crippen LogP contribution in [0.25, 0.3) is 0 Å². The minimum atomic E-state index is 0.168. The first-order chi connectivity index (χ1) is 9.38. The predicted octanol–water partition coefficient (Wildman–Crippen LogP) is 3.05. The Labute approximate surface area is 114 Å². The fourth-order valence-corrected chi connectivity index (χ4v) is 2.72. The Morgan fingerprint density at radius 1 is 1.16 bits per heavy atom. The highest BCUT2D eigenvalue weighted by atomic mass is 14.9. The molecule has 1 aromatic heterocycles. The molecule has 1 unspecified atom stereocenters. The van der Waals surface area contributed by atoms with Crippen molar-refractivity contribution < 1.29 is 0 Å². The van der Waals surface area contributed by atoms with Gasteiger partial charge in [-0.05, 0) is 36.9 Å². The van der Waals surface area contributed by atoms with Crippen LogP contribution in [0.1, 0.15) is 47.9 Å². The summed E-state index contributed by atoms with van der Waals surface area (Å²) in [5, 5.41) is 3.36. The van der Waals surface area contributed by atoms with Crippen molar-refractivity contribution in [3.05, 3.63) is 59.7 Å². The quantitative estimate of drug-likeness (QED) is 0.910. The molecule has 0 radical (unpaired) electrons. The van der Waals surface area contributed by atoms with Crippen LogP contribution >= 0.6 is 0 Å². The molecule has 1 saturated carbocycles. The van der Waals surface area contributed by atoms with Gasteiger partial charge in [0.15, 0.2) is 0 Å². The molecule has 0 amide bonds.